The van der Waals surface area contributed by atoms with Gasteiger partial charge in [-0.15, -0.1) is 0 Å². The molecule has 2 rings (SSSR count). The third-order valence-corrected chi connectivity index (χ3v) is 3.40. The predicted molar refractivity (Wildman–Crippen MR) is 86.0 cm³/mol. The Bertz CT molecular complexity index is 518. The summed E-state index contributed by atoms with van der Waals surface area (Å²) in [6, 6.07) is 16.5. The van der Waals surface area contributed by atoms with Crippen molar-refractivity contribution < 1.29 is 9.47 Å². The molecule has 2 aromatic rings. The number of hydrogen-bond donors (Lipinski definition) is 1. The van der Waals surface area contributed by atoms with E-state index < -0.39 is 0 Å². The lowest BCUT2D eigenvalue weighted by atomic mass is 10.1. The van der Waals surface area contributed by atoms with Gasteiger partial charge in [-0.05, 0) is 42.6 Å². The Labute approximate surface area is 126 Å². The van der Waals surface area contributed by atoms with E-state index in [4.69, 9.17) is 9.47 Å². The molecular formula is C18H23NO2. The minimum Gasteiger partial charge on any atom is -0.497 e. The third kappa shape index (κ3) is 5.12. The van der Waals surface area contributed by atoms with Crippen molar-refractivity contribution in [1.29, 1.82) is 0 Å². The van der Waals surface area contributed by atoms with Crippen molar-refractivity contribution in [3.63, 3.8) is 0 Å². The molecule has 0 aliphatic rings. The van der Waals surface area contributed by atoms with E-state index in [-0.39, 0.29) is 0 Å². The highest BCUT2D eigenvalue weighted by Gasteiger charge is 2.01. The van der Waals surface area contributed by atoms with E-state index in [9.17, 15) is 0 Å². The van der Waals surface area contributed by atoms with Gasteiger partial charge in [-0.1, -0.05) is 30.3 Å². The molecular weight excluding hydrogens is 262 g/mol. The summed E-state index contributed by atoms with van der Waals surface area (Å²) < 4.78 is 10.5. The lowest BCUT2D eigenvalue weighted by molar-refractivity contribution is 0.393. The van der Waals surface area contributed by atoms with E-state index in [1.807, 2.05) is 18.2 Å². The summed E-state index contributed by atoms with van der Waals surface area (Å²) >= 11 is 0. The average molecular weight is 285 g/mol. The first-order chi connectivity index (χ1) is 10.3. The van der Waals surface area contributed by atoms with Crippen LogP contribution in [0, 0.1) is 0 Å². The number of nitrogens with one attached hydrogen (secondary N) is 1. The molecule has 3 nitrogen and oxygen atoms in total. The van der Waals surface area contributed by atoms with Crippen LogP contribution in [0.1, 0.15) is 17.5 Å². The fraction of sp³-hybridized carbons (Fsp3) is 0.333. The second-order valence-electron chi connectivity index (χ2n) is 4.99. The van der Waals surface area contributed by atoms with Crippen LogP contribution in [0.4, 0.5) is 0 Å². The largest absolute Gasteiger partial charge is 0.497 e. The van der Waals surface area contributed by atoms with Gasteiger partial charge in [0.15, 0.2) is 0 Å². The molecule has 2 aromatic carbocycles. The van der Waals surface area contributed by atoms with Crippen LogP contribution in [-0.2, 0) is 13.0 Å². The fourth-order valence-electron chi connectivity index (χ4n) is 2.26. The number of benzene rings is 2. The van der Waals surface area contributed by atoms with Gasteiger partial charge in [0.2, 0.25) is 0 Å². The van der Waals surface area contributed by atoms with Crippen LogP contribution in [0.5, 0.6) is 11.5 Å². The number of aryl methyl sites for hydroxylation is 1. The van der Waals surface area contributed by atoms with Gasteiger partial charge >= 0.3 is 0 Å². The van der Waals surface area contributed by atoms with Crippen molar-refractivity contribution in [3.05, 3.63) is 59.7 Å². The summed E-state index contributed by atoms with van der Waals surface area (Å²) in [5.74, 6) is 1.66. The van der Waals surface area contributed by atoms with E-state index in [2.05, 4.69) is 35.6 Å². The van der Waals surface area contributed by atoms with Crippen molar-refractivity contribution in [2.24, 2.45) is 0 Å². The number of rotatable bonds is 8. The number of ether oxygens (including phenoxy) is 2. The maximum absolute atomic E-state index is 5.27. The van der Waals surface area contributed by atoms with Crippen molar-refractivity contribution in [1.82, 2.24) is 5.32 Å². The molecule has 0 aromatic heterocycles. The van der Waals surface area contributed by atoms with Gasteiger partial charge in [-0.25, -0.2) is 0 Å². The van der Waals surface area contributed by atoms with Crippen molar-refractivity contribution in [2.75, 3.05) is 20.8 Å². The van der Waals surface area contributed by atoms with Crippen LogP contribution in [-0.4, -0.2) is 20.8 Å². The van der Waals surface area contributed by atoms with Crippen molar-refractivity contribution in [3.8, 4) is 11.5 Å². The summed E-state index contributed by atoms with van der Waals surface area (Å²) in [6.45, 7) is 1.82. The van der Waals surface area contributed by atoms with Gasteiger partial charge in [0, 0.05) is 12.6 Å². The molecule has 3 heteroatoms. The minimum atomic E-state index is 0.822. The Kier molecular flexibility index (Phi) is 6.10. The van der Waals surface area contributed by atoms with Crippen molar-refractivity contribution >= 4 is 0 Å². The Balaban J connectivity index is 1.75. The van der Waals surface area contributed by atoms with Crippen molar-refractivity contribution in [2.45, 2.75) is 19.4 Å². The van der Waals surface area contributed by atoms with E-state index >= 15 is 0 Å². The molecule has 112 valence electrons. The molecule has 0 saturated carbocycles. The number of hydrogen-bond acceptors (Lipinski definition) is 3. The van der Waals surface area contributed by atoms with E-state index in [1.165, 1.54) is 11.1 Å². The lowest BCUT2D eigenvalue weighted by Crippen LogP contribution is -2.15. The minimum absolute atomic E-state index is 0.822. The first-order valence-electron chi connectivity index (χ1n) is 7.28. The summed E-state index contributed by atoms with van der Waals surface area (Å²) in [7, 11) is 3.34. The topological polar surface area (TPSA) is 30.5 Å². The highest BCUT2D eigenvalue weighted by atomic mass is 16.5. The van der Waals surface area contributed by atoms with Gasteiger partial charge in [-0.3, -0.25) is 0 Å². The van der Waals surface area contributed by atoms with E-state index in [0.717, 1.165) is 37.4 Å². The quantitative estimate of drug-likeness (QED) is 0.754. The average Bonchev–Trinajstić information content (AvgIpc) is 2.55. The fourth-order valence-corrected chi connectivity index (χ4v) is 2.26. The van der Waals surface area contributed by atoms with Crippen LogP contribution in [0.2, 0.25) is 0 Å². The molecule has 0 bridgehead atoms. The molecule has 0 saturated heterocycles. The predicted octanol–water partition coefficient (Wildman–Crippen LogP) is 3.43. The summed E-state index contributed by atoms with van der Waals surface area (Å²) in [4.78, 5) is 0. The van der Waals surface area contributed by atoms with Gasteiger partial charge in [0.05, 0.1) is 14.2 Å². The highest BCUT2D eigenvalue weighted by Crippen LogP contribution is 2.22. The molecule has 0 amide bonds. The molecule has 0 aliphatic carbocycles. The smallest absolute Gasteiger partial charge is 0.122 e. The van der Waals surface area contributed by atoms with Gasteiger partial charge in [0.25, 0.3) is 0 Å². The van der Waals surface area contributed by atoms with E-state index in [1.54, 1.807) is 14.2 Å². The Morgan fingerprint density at radius 1 is 0.857 bits per heavy atom. The first kappa shape index (κ1) is 15.4. The highest BCUT2D eigenvalue weighted by molar-refractivity contribution is 5.38. The Hall–Kier alpha value is -2.00. The molecule has 0 radical (unpaired) electrons. The van der Waals surface area contributed by atoms with Crippen LogP contribution in [0.25, 0.3) is 0 Å². The molecule has 0 fully saturated rings. The normalized spacial score (nSPS) is 10.4. The molecule has 21 heavy (non-hydrogen) atoms. The first-order valence-corrected chi connectivity index (χ1v) is 7.28. The summed E-state index contributed by atoms with van der Waals surface area (Å²) in [5.41, 5.74) is 2.56. The van der Waals surface area contributed by atoms with E-state index in [0.29, 0.717) is 0 Å². The monoisotopic (exact) mass is 285 g/mol. The lowest BCUT2D eigenvalue weighted by Gasteiger charge is -2.09. The van der Waals surface area contributed by atoms with Crippen LogP contribution in [0.3, 0.4) is 0 Å². The van der Waals surface area contributed by atoms with Gasteiger partial charge < -0.3 is 14.8 Å². The Morgan fingerprint density at radius 3 is 2.14 bits per heavy atom. The summed E-state index contributed by atoms with van der Waals surface area (Å²) in [5, 5.41) is 3.46. The molecule has 0 unspecified atom stereocenters. The third-order valence-electron chi connectivity index (χ3n) is 3.40. The zero-order valence-electron chi connectivity index (χ0n) is 12.8. The second kappa shape index (κ2) is 8.32. The van der Waals surface area contributed by atoms with Crippen LogP contribution in [0.15, 0.2) is 48.5 Å². The second-order valence-corrected chi connectivity index (χ2v) is 4.99. The zero-order valence-corrected chi connectivity index (χ0v) is 12.8. The van der Waals surface area contributed by atoms with Gasteiger partial charge in [-0.2, -0.15) is 0 Å². The van der Waals surface area contributed by atoms with Crippen LogP contribution < -0.4 is 14.8 Å². The molecule has 0 heterocycles. The molecule has 0 spiro atoms. The number of methoxy groups -OCH3 is 2. The molecule has 0 atom stereocenters. The maximum Gasteiger partial charge on any atom is 0.122 e. The molecule has 0 aliphatic heterocycles. The SMILES string of the molecule is COc1cc(CNCCCc2ccccc2)cc(OC)c1. The van der Waals surface area contributed by atoms with Crippen LogP contribution >= 0.6 is 0 Å². The summed E-state index contributed by atoms with van der Waals surface area (Å²) in [6.07, 6.45) is 2.24. The Morgan fingerprint density at radius 2 is 1.52 bits per heavy atom. The zero-order chi connectivity index (χ0) is 14.9. The standard InChI is InChI=1S/C18H23NO2/c1-20-17-11-16(12-18(13-17)21-2)14-19-10-6-9-15-7-4-3-5-8-15/h3-5,7-8,11-13,19H,6,9-10,14H2,1-2H3. The van der Waals surface area contributed by atoms with Gasteiger partial charge in [0.1, 0.15) is 11.5 Å². The molecule has 1 N–H and O–H groups in total. The maximum atomic E-state index is 5.27.